The standard InChI is InChI=1S/C22H25N5O2S/c1-25-13-15(11-24-25)30(29)26-8-6-22(7-9-26)10-18(21(22)28)20-17-5-3-2-4-16(17)19-12-23-14-27(19)20/h2-5,11-14,18,20-21,28H,6-10H2,1H3. The Morgan fingerprint density at radius 3 is 2.73 bits per heavy atom. The lowest BCUT2D eigenvalue weighted by Crippen LogP contribution is -2.59. The number of hydrogen-bond donors (Lipinski definition) is 1. The Morgan fingerprint density at radius 2 is 2.00 bits per heavy atom. The smallest absolute Gasteiger partial charge is 0.130 e. The van der Waals surface area contributed by atoms with Gasteiger partial charge in [0.2, 0.25) is 0 Å². The molecule has 1 aliphatic carbocycles. The van der Waals surface area contributed by atoms with Crippen LogP contribution in [0.2, 0.25) is 0 Å². The Balaban J connectivity index is 1.19. The number of hydrogen-bond acceptors (Lipinski definition) is 4. The molecule has 4 heterocycles. The average Bonchev–Trinajstić information content (AvgIpc) is 3.48. The normalized spacial score (nSPS) is 28.1. The predicted octanol–water partition coefficient (Wildman–Crippen LogP) is 2.37. The molecule has 2 aliphatic heterocycles. The number of nitrogens with zero attached hydrogens (tertiary/aromatic N) is 5. The van der Waals surface area contributed by atoms with Gasteiger partial charge in [0.05, 0.1) is 41.5 Å². The molecule has 6 rings (SSSR count). The van der Waals surface area contributed by atoms with E-state index < -0.39 is 11.0 Å². The first-order valence-corrected chi connectivity index (χ1v) is 11.6. The summed E-state index contributed by atoms with van der Waals surface area (Å²) in [6.45, 7) is 1.48. The maximum absolute atomic E-state index is 12.8. The molecule has 2 aromatic heterocycles. The van der Waals surface area contributed by atoms with Crippen LogP contribution in [0.15, 0.2) is 54.1 Å². The average molecular weight is 424 g/mol. The number of aliphatic hydroxyl groups excluding tert-OH is 1. The molecule has 0 amide bonds. The van der Waals surface area contributed by atoms with Gasteiger partial charge in [0.1, 0.15) is 11.0 Å². The number of imidazole rings is 1. The summed E-state index contributed by atoms with van der Waals surface area (Å²) in [5, 5.41) is 15.5. The second kappa shape index (κ2) is 6.60. The van der Waals surface area contributed by atoms with E-state index in [0.717, 1.165) is 42.9 Å². The summed E-state index contributed by atoms with van der Waals surface area (Å²) in [7, 11) is 0.657. The Hall–Kier alpha value is -2.29. The van der Waals surface area contributed by atoms with Crippen LogP contribution in [0.3, 0.4) is 0 Å². The van der Waals surface area contributed by atoms with Crippen LogP contribution in [0.4, 0.5) is 0 Å². The summed E-state index contributed by atoms with van der Waals surface area (Å²) in [5.74, 6) is 0.192. The van der Waals surface area contributed by atoms with Crippen LogP contribution < -0.4 is 0 Å². The van der Waals surface area contributed by atoms with E-state index in [1.54, 1.807) is 10.9 Å². The lowest BCUT2D eigenvalue weighted by molar-refractivity contribution is -0.152. The molecule has 1 saturated carbocycles. The number of piperidine rings is 1. The fourth-order valence-electron chi connectivity index (χ4n) is 5.82. The van der Waals surface area contributed by atoms with Crippen LogP contribution in [0.5, 0.6) is 0 Å². The maximum atomic E-state index is 12.8. The van der Waals surface area contributed by atoms with Crippen LogP contribution in [0.25, 0.3) is 11.3 Å². The number of aryl methyl sites for hydroxylation is 1. The molecule has 30 heavy (non-hydrogen) atoms. The molecule has 3 aromatic rings. The van der Waals surface area contributed by atoms with Crippen LogP contribution in [0, 0.1) is 11.3 Å². The molecule has 8 heteroatoms. The summed E-state index contributed by atoms with van der Waals surface area (Å²) in [5.41, 5.74) is 3.61. The van der Waals surface area contributed by atoms with E-state index in [1.165, 1.54) is 11.1 Å². The first-order chi connectivity index (χ1) is 14.6. The third-order valence-electron chi connectivity index (χ3n) is 7.44. The van der Waals surface area contributed by atoms with Crippen molar-refractivity contribution in [3.05, 3.63) is 54.7 Å². The molecule has 1 aromatic carbocycles. The minimum Gasteiger partial charge on any atom is -0.392 e. The summed E-state index contributed by atoms with van der Waals surface area (Å²) in [6.07, 6.45) is 9.72. The minimum atomic E-state index is -1.18. The van der Waals surface area contributed by atoms with Gasteiger partial charge in [0.15, 0.2) is 0 Å². The van der Waals surface area contributed by atoms with Gasteiger partial charge in [0.25, 0.3) is 0 Å². The number of aliphatic hydroxyl groups is 1. The summed E-state index contributed by atoms with van der Waals surface area (Å²) in [6, 6.07) is 8.64. The van der Waals surface area contributed by atoms with Crippen LogP contribution in [-0.4, -0.2) is 52.1 Å². The van der Waals surface area contributed by atoms with Gasteiger partial charge in [-0.25, -0.2) is 13.5 Å². The van der Waals surface area contributed by atoms with Gasteiger partial charge >= 0.3 is 0 Å². The minimum absolute atomic E-state index is 0.0570. The van der Waals surface area contributed by atoms with Crippen molar-refractivity contribution in [2.45, 2.75) is 36.3 Å². The number of rotatable bonds is 3. The van der Waals surface area contributed by atoms with Crippen LogP contribution >= 0.6 is 0 Å². The molecule has 1 spiro atoms. The molecule has 156 valence electrons. The molecule has 4 unspecified atom stereocenters. The van der Waals surface area contributed by atoms with Gasteiger partial charge in [-0.15, -0.1) is 0 Å². The van der Waals surface area contributed by atoms with Crippen LogP contribution in [-0.2, 0) is 18.0 Å². The topological polar surface area (TPSA) is 76.2 Å². The zero-order valence-electron chi connectivity index (χ0n) is 16.9. The van der Waals surface area contributed by atoms with Crippen molar-refractivity contribution in [1.82, 2.24) is 23.6 Å². The monoisotopic (exact) mass is 423 g/mol. The van der Waals surface area contributed by atoms with E-state index in [9.17, 15) is 9.32 Å². The molecule has 4 atom stereocenters. The Morgan fingerprint density at radius 1 is 1.20 bits per heavy atom. The molecule has 0 radical (unpaired) electrons. The lowest BCUT2D eigenvalue weighted by atomic mass is 9.53. The van der Waals surface area contributed by atoms with E-state index in [2.05, 4.69) is 38.9 Å². The quantitative estimate of drug-likeness (QED) is 0.702. The van der Waals surface area contributed by atoms with Crippen molar-refractivity contribution < 1.29 is 9.32 Å². The Bertz CT molecular complexity index is 1130. The fraction of sp³-hybridized carbons (Fsp3) is 0.455. The highest BCUT2D eigenvalue weighted by molar-refractivity contribution is 7.82. The summed E-state index contributed by atoms with van der Waals surface area (Å²) < 4.78 is 18.8. The fourth-order valence-corrected chi connectivity index (χ4v) is 7.02. The lowest BCUT2D eigenvalue weighted by Gasteiger charge is -2.57. The van der Waals surface area contributed by atoms with E-state index >= 15 is 0 Å². The Kier molecular flexibility index (Phi) is 4.07. The molecular formula is C22H25N5O2S. The van der Waals surface area contributed by atoms with Crippen molar-refractivity contribution in [2.24, 2.45) is 18.4 Å². The summed E-state index contributed by atoms with van der Waals surface area (Å²) in [4.78, 5) is 5.10. The third kappa shape index (κ3) is 2.53. The highest BCUT2D eigenvalue weighted by Gasteiger charge is 2.58. The second-order valence-corrected chi connectivity index (χ2v) is 10.4. The number of benzene rings is 1. The predicted molar refractivity (Wildman–Crippen MR) is 113 cm³/mol. The van der Waals surface area contributed by atoms with Crippen LogP contribution in [0.1, 0.15) is 30.9 Å². The first-order valence-electron chi connectivity index (χ1n) is 10.5. The van der Waals surface area contributed by atoms with E-state index in [-0.39, 0.29) is 23.5 Å². The largest absolute Gasteiger partial charge is 0.392 e. The van der Waals surface area contributed by atoms with E-state index in [4.69, 9.17) is 0 Å². The molecular weight excluding hydrogens is 398 g/mol. The molecule has 1 saturated heterocycles. The van der Waals surface area contributed by atoms with Gasteiger partial charge in [-0.1, -0.05) is 24.3 Å². The summed E-state index contributed by atoms with van der Waals surface area (Å²) >= 11 is 0. The molecule has 3 aliphatic rings. The number of fused-ring (bicyclic) bond motifs is 3. The zero-order valence-corrected chi connectivity index (χ0v) is 17.7. The van der Waals surface area contributed by atoms with E-state index in [0.29, 0.717) is 0 Å². The first kappa shape index (κ1) is 18.5. The van der Waals surface area contributed by atoms with Crippen molar-refractivity contribution in [2.75, 3.05) is 13.1 Å². The van der Waals surface area contributed by atoms with Gasteiger partial charge in [-0.2, -0.15) is 5.10 Å². The maximum Gasteiger partial charge on any atom is 0.130 e. The molecule has 0 bridgehead atoms. The van der Waals surface area contributed by atoms with Gasteiger partial charge in [-0.3, -0.25) is 4.68 Å². The van der Waals surface area contributed by atoms with Gasteiger partial charge < -0.3 is 9.67 Å². The zero-order chi connectivity index (χ0) is 20.5. The SMILES string of the molecule is Cn1cc(S(=O)N2CCC3(CC2)CC(C2c4ccccc4-c4cncn42)C3O)cn1. The van der Waals surface area contributed by atoms with Crippen molar-refractivity contribution >= 4 is 11.0 Å². The molecule has 1 N–H and O–H groups in total. The Labute approximate surface area is 177 Å². The van der Waals surface area contributed by atoms with Crippen molar-refractivity contribution in [1.29, 1.82) is 0 Å². The highest BCUT2D eigenvalue weighted by atomic mass is 32.2. The highest BCUT2D eigenvalue weighted by Crippen LogP contribution is 2.59. The van der Waals surface area contributed by atoms with Crippen molar-refractivity contribution in [3.63, 3.8) is 0 Å². The number of aromatic nitrogens is 4. The molecule has 2 fully saturated rings. The van der Waals surface area contributed by atoms with Gasteiger partial charge in [0, 0.05) is 37.8 Å². The third-order valence-corrected chi connectivity index (χ3v) is 8.89. The molecule has 7 nitrogen and oxygen atoms in total. The second-order valence-electron chi connectivity index (χ2n) is 8.92. The van der Waals surface area contributed by atoms with Gasteiger partial charge in [-0.05, 0) is 30.2 Å². The van der Waals surface area contributed by atoms with Crippen molar-refractivity contribution in [3.8, 4) is 11.3 Å². The van der Waals surface area contributed by atoms with E-state index in [1.807, 2.05) is 30.1 Å².